The lowest BCUT2D eigenvalue weighted by molar-refractivity contribution is -0.138. The summed E-state index contributed by atoms with van der Waals surface area (Å²) < 4.78 is -0.588. The topological polar surface area (TPSA) is 75.3 Å². The minimum atomic E-state index is -0.992. The number of thioether (sulfide) groups is 1. The number of carboxylic acid groups (broad SMARTS) is 1. The first-order valence-corrected chi connectivity index (χ1v) is 10.5. The first-order valence-electron chi connectivity index (χ1n) is 9.13. The SMILES string of the molecule is NC(=S)NC(CSC(c1ccccc1)(c1ccccc1)c1ccccc1)C(=O)O. The zero-order chi connectivity index (χ0) is 20.7. The Hall–Kier alpha value is -2.83. The van der Waals surface area contributed by atoms with Crippen LogP contribution in [0.1, 0.15) is 16.7 Å². The lowest BCUT2D eigenvalue weighted by atomic mass is 9.84. The van der Waals surface area contributed by atoms with Crippen molar-refractivity contribution in [2.75, 3.05) is 5.75 Å². The summed E-state index contributed by atoms with van der Waals surface area (Å²) in [5, 5.41) is 12.3. The van der Waals surface area contributed by atoms with Gasteiger partial charge >= 0.3 is 5.97 Å². The molecule has 0 aliphatic carbocycles. The van der Waals surface area contributed by atoms with Gasteiger partial charge in [-0.15, -0.1) is 11.8 Å². The van der Waals surface area contributed by atoms with Crippen LogP contribution in [0.4, 0.5) is 0 Å². The van der Waals surface area contributed by atoms with Crippen molar-refractivity contribution in [3.05, 3.63) is 108 Å². The third-order valence-corrected chi connectivity index (χ3v) is 6.38. The number of rotatable bonds is 8. The van der Waals surface area contributed by atoms with Crippen LogP contribution in [0.15, 0.2) is 91.0 Å². The highest BCUT2D eigenvalue weighted by atomic mass is 32.2. The van der Waals surface area contributed by atoms with E-state index in [9.17, 15) is 9.90 Å². The Balaban J connectivity index is 2.14. The van der Waals surface area contributed by atoms with Crippen molar-refractivity contribution in [1.82, 2.24) is 5.32 Å². The lowest BCUT2D eigenvalue weighted by Gasteiger charge is -2.36. The monoisotopic (exact) mass is 422 g/mol. The molecule has 29 heavy (non-hydrogen) atoms. The predicted octanol–water partition coefficient (Wildman–Crippen LogP) is 4.00. The molecule has 0 saturated carbocycles. The Morgan fingerprint density at radius 1 is 0.897 bits per heavy atom. The number of benzene rings is 3. The number of carbonyl (C=O) groups is 1. The fourth-order valence-electron chi connectivity index (χ4n) is 3.32. The van der Waals surface area contributed by atoms with Crippen molar-refractivity contribution >= 4 is 35.1 Å². The first-order chi connectivity index (χ1) is 14.0. The molecule has 4 nitrogen and oxygen atoms in total. The highest BCUT2D eigenvalue weighted by Gasteiger charge is 2.38. The number of aliphatic carboxylic acids is 1. The third kappa shape index (κ3) is 4.78. The molecule has 0 aliphatic heterocycles. The molecule has 3 aromatic carbocycles. The Bertz CT molecular complexity index is 854. The number of nitrogens with two attached hydrogens (primary N) is 1. The molecule has 1 unspecified atom stereocenters. The van der Waals surface area contributed by atoms with Gasteiger partial charge in [0.1, 0.15) is 6.04 Å². The van der Waals surface area contributed by atoms with Gasteiger partial charge in [-0.1, -0.05) is 91.0 Å². The van der Waals surface area contributed by atoms with Gasteiger partial charge in [-0.2, -0.15) is 0 Å². The molecule has 1 atom stereocenters. The van der Waals surface area contributed by atoms with Crippen molar-refractivity contribution in [2.24, 2.45) is 5.73 Å². The summed E-state index contributed by atoms with van der Waals surface area (Å²) in [5.41, 5.74) is 8.77. The Kier molecular flexibility index (Phi) is 6.90. The van der Waals surface area contributed by atoms with Crippen LogP contribution < -0.4 is 11.1 Å². The van der Waals surface area contributed by atoms with Gasteiger partial charge in [0, 0.05) is 5.75 Å². The van der Waals surface area contributed by atoms with Crippen molar-refractivity contribution < 1.29 is 9.90 Å². The Morgan fingerprint density at radius 3 is 1.59 bits per heavy atom. The second-order valence-electron chi connectivity index (χ2n) is 6.49. The Morgan fingerprint density at radius 2 is 1.28 bits per heavy atom. The average Bonchev–Trinajstić information content (AvgIpc) is 2.75. The smallest absolute Gasteiger partial charge is 0.327 e. The van der Waals surface area contributed by atoms with E-state index in [0.29, 0.717) is 0 Å². The normalized spacial score (nSPS) is 12.1. The van der Waals surface area contributed by atoms with Gasteiger partial charge < -0.3 is 16.2 Å². The maximum atomic E-state index is 11.8. The molecular weight excluding hydrogens is 400 g/mol. The summed E-state index contributed by atoms with van der Waals surface area (Å²) in [4.78, 5) is 11.8. The van der Waals surface area contributed by atoms with Crippen LogP contribution in [0, 0.1) is 0 Å². The second-order valence-corrected chi connectivity index (χ2v) is 8.16. The molecule has 0 spiro atoms. The molecule has 0 aromatic heterocycles. The van der Waals surface area contributed by atoms with E-state index in [1.807, 2.05) is 54.6 Å². The van der Waals surface area contributed by atoms with Crippen LogP contribution >= 0.6 is 24.0 Å². The summed E-state index contributed by atoms with van der Waals surface area (Å²) in [6.45, 7) is 0. The molecule has 3 aromatic rings. The van der Waals surface area contributed by atoms with Gasteiger partial charge in [-0.05, 0) is 28.9 Å². The maximum absolute atomic E-state index is 11.8. The van der Waals surface area contributed by atoms with Gasteiger partial charge in [-0.25, -0.2) is 4.79 Å². The van der Waals surface area contributed by atoms with Crippen molar-refractivity contribution in [3.63, 3.8) is 0 Å². The van der Waals surface area contributed by atoms with Crippen LogP contribution in [-0.2, 0) is 9.54 Å². The van der Waals surface area contributed by atoms with Gasteiger partial charge in [-0.3, -0.25) is 0 Å². The minimum Gasteiger partial charge on any atom is -0.480 e. The average molecular weight is 423 g/mol. The molecule has 4 N–H and O–H groups in total. The van der Waals surface area contributed by atoms with E-state index in [4.69, 9.17) is 18.0 Å². The number of hydrogen-bond donors (Lipinski definition) is 3. The predicted molar refractivity (Wildman–Crippen MR) is 123 cm³/mol. The number of nitrogens with one attached hydrogen (secondary N) is 1. The quantitative estimate of drug-likeness (QED) is 0.376. The molecule has 0 amide bonds. The van der Waals surface area contributed by atoms with E-state index < -0.39 is 16.8 Å². The molecular formula is C23H22N2O2S2. The largest absolute Gasteiger partial charge is 0.480 e. The molecule has 6 heteroatoms. The second kappa shape index (κ2) is 9.58. The molecule has 0 bridgehead atoms. The summed E-state index contributed by atoms with van der Waals surface area (Å²) in [5.74, 6) is -0.723. The van der Waals surface area contributed by atoms with Crippen LogP contribution in [0.3, 0.4) is 0 Å². The number of carboxylic acids is 1. The zero-order valence-electron chi connectivity index (χ0n) is 15.7. The van der Waals surface area contributed by atoms with E-state index in [1.165, 1.54) is 0 Å². The standard InChI is InChI=1S/C23H22N2O2S2/c24-22(28)25-20(21(26)27)16-29-23(17-10-4-1-5-11-17,18-12-6-2-7-13-18)19-14-8-3-9-15-19/h1-15,20H,16H2,(H,26,27)(H3,24,25,28). The van der Waals surface area contributed by atoms with E-state index >= 15 is 0 Å². The molecule has 0 fully saturated rings. The van der Waals surface area contributed by atoms with Crippen LogP contribution in [0.25, 0.3) is 0 Å². The molecule has 0 radical (unpaired) electrons. The molecule has 0 heterocycles. The number of hydrogen-bond acceptors (Lipinski definition) is 3. The first kappa shape index (κ1) is 20.9. The molecule has 0 aliphatic rings. The summed E-state index contributed by atoms with van der Waals surface area (Å²) in [7, 11) is 0. The van der Waals surface area contributed by atoms with E-state index in [0.717, 1.165) is 16.7 Å². The lowest BCUT2D eigenvalue weighted by Crippen LogP contribution is -2.46. The molecule has 148 valence electrons. The van der Waals surface area contributed by atoms with E-state index in [1.54, 1.807) is 11.8 Å². The van der Waals surface area contributed by atoms with Gasteiger partial charge in [0.25, 0.3) is 0 Å². The fourth-order valence-corrected chi connectivity index (χ4v) is 5.02. The van der Waals surface area contributed by atoms with Crippen LogP contribution in [0.5, 0.6) is 0 Å². The van der Waals surface area contributed by atoms with Crippen LogP contribution in [0.2, 0.25) is 0 Å². The van der Waals surface area contributed by atoms with Crippen molar-refractivity contribution in [2.45, 2.75) is 10.8 Å². The van der Waals surface area contributed by atoms with Crippen LogP contribution in [-0.4, -0.2) is 28.0 Å². The Labute approximate surface area is 180 Å². The third-order valence-electron chi connectivity index (χ3n) is 4.62. The van der Waals surface area contributed by atoms with E-state index in [2.05, 4.69) is 41.7 Å². The summed E-state index contributed by atoms with van der Waals surface area (Å²) in [6.07, 6.45) is 0. The highest BCUT2D eigenvalue weighted by molar-refractivity contribution is 8.00. The fraction of sp³-hybridized carbons (Fsp3) is 0.130. The van der Waals surface area contributed by atoms with Crippen molar-refractivity contribution in [1.29, 1.82) is 0 Å². The summed E-state index contributed by atoms with van der Waals surface area (Å²) >= 11 is 6.42. The molecule has 3 rings (SSSR count). The number of thiocarbonyl (C=S) groups is 1. The molecule has 0 saturated heterocycles. The van der Waals surface area contributed by atoms with Gasteiger partial charge in [0.2, 0.25) is 0 Å². The maximum Gasteiger partial charge on any atom is 0.327 e. The minimum absolute atomic E-state index is 0.0252. The highest BCUT2D eigenvalue weighted by Crippen LogP contribution is 2.48. The summed E-state index contributed by atoms with van der Waals surface area (Å²) in [6, 6.07) is 29.5. The van der Waals surface area contributed by atoms with E-state index in [-0.39, 0.29) is 10.9 Å². The van der Waals surface area contributed by atoms with Gasteiger partial charge in [0.15, 0.2) is 5.11 Å². The van der Waals surface area contributed by atoms with Crippen molar-refractivity contribution in [3.8, 4) is 0 Å². The zero-order valence-corrected chi connectivity index (χ0v) is 17.3. The van der Waals surface area contributed by atoms with Gasteiger partial charge in [0.05, 0.1) is 4.75 Å².